The molecular weight excluding hydrogens is 577 g/mol. The van der Waals surface area contributed by atoms with Crippen LogP contribution in [0, 0.1) is 17.8 Å². The van der Waals surface area contributed by atoms with Crippen LogP contribution in [-0.4, -0.2) is 91.4 Å². The van der Waals surface area contributed by atoms with E-state index in [4.69, 9.17) is 0 Å². The van der Waals surface area contributed by atoms with E-state index in [0.29, 0.717) is 48.6 Å². The standard InChI is InChI=1S/C27H46N2O6S4/c1-18(2)9-5-6-10-21(39-38-16-20(4)25(31)28-13-8-12-23(28)26(32)33)17-37-36-15-19(3)24(30)22-11-7-14-29(22)27(34)35/h18-23H,5-17H2,1-4H3,(H,32,33)(H,34,35). The van der Waals surface area contributed by atoms with Crippen molar-refractivity contribution in [2.24, 2.45) is 17.8 Å². The summed E-state index contributed by atoms with van der Waals surface area (Å²) in [4.78, 5) is 51.4. The van der Waals surface area contributed by atoms with E-state index >= 15 is 0 Å². The number of amides is 2. The van der Waals surface area contributed by atoms with E-state index < -0.39 is 24.1 Å². The topological polar surface area (TPSA) is 115 Å². The Morgan fingerprint density at radius 3 is 2.00 bits per heavy atom. The minimum Gasteiger partial charge on any atom is -0.480 e. The zero-order valence-electron chi connectivity index (χ0n) is 23.7. The molecule has 0 radical (unpaired) electrons. The number of rotatable bonds is 18. The summed E-state index contributed by atoms with van der Waals surface area (Å²) < 4.78 is 0. The average Bonchev–Trinajstić information content (AvgIpc) is 3.57. The molecule has 2 N–H and O–H groups in total. The molecule has 0 spiro atoms. The van der Waals surface area contributed by atoms with E-state index in [1.54, 1.807) is 32.4 Å². The zero-order valence-corrected chi connectivity index (χ0v) is 27.0. The average molecular weight is 623 g/mol. The first-order valence-electron chi connectivity index (χ1n) is 14.1. The van der Waals surface area contributed by atoms with Crippen molar-refractivity contribution in [3.63, 3.8) is 0 Å². The molecule has 8 nitrogen and oxygen atoms in total. The molecule has 2 heterocycles. The fraction of sp³-hybridized carbons (Fsp3) is 0.852. The Bertz CT molecular complexity index is 817. The summed E-state index contributed by atoms with van der Waals surface area (Å²) in [6.45, 7) is 9.24. The maximum absolute atomic E-state index is 12.9. The monoisotopic (exact) mass is 622 g/mol. The molecular formula is C27H46N2O6S4. The normalized spacial score (nSPS) is 21.8. The molecule has 2 aliphatic rings. The Kier molecular flexibility index (Phi) is 15.9. The van der Waals surface area contributed by atoms with Gasteiger partial charge in [0.2, 0.25) is 5.91 Å². The Morgan fingerprint density at radius 1 is 0.769 bits per heavy atom. The van der Waals surface area contributed by atoms with Gasteiger partial charge in [-0.3, -0.25) is 14.5 Å². The van der Waals surface area contributed by atoms with Gasteiger partial charge in [0, 0.05) is 47.4 Å². The summed E-state index contributed by atoms with van der Waals surface area (Å²) in [5.41, 5.74) is 0. The highest BCUT2D eigenvalue weighted by Gasteiger charge is 2.37. The molecule has 2 saturated heterocycles. The second kappa shape index (κ2) is 18.0. The smallest absolute Gasteiger partial charge is 0.407 e. The van der Waals surface area contributed by atoms with Gasteiger partial charge in [-0.15, -0.1) is 0 Å². The van der Waals surface area contributed by atoms with Crippen LogP contribution in [0.2, 0.25) is 0 Å². The lowest BCUT2D eigenvalue weighted by atomic mass is 10.00. The van der Waals surface area contributed by atoms with Gasteiger partial charge in [0.05, 0.1) is 6.04 Å². The van der Waals surface area contributed by atoms with E-state index in [1.807, 2.05) is 24.6 Å². The highest BCUT2D eigenvalue weighted by molar-refractivity contribution is 8.78. The molecule has 12 heteroatoms. The molecule has 39 heavy (non-hydrogen) atoms. The predicted octanol–water partition coefficient (Wildman–Crippen LogP) is 6.39. The van der Waals surface area contributed by atoms with Crippen LogP contribution in [-0.2, 0) is 14.4 Å². The number of carboxylic acids is 1. The minimum absolute atomic E-state index is 0.0277. The summed E-state index contributed by atoms with van der Waals surface area (Å²) >= 11 is 0. The molecule has 2 aliphatic heterocycles. The Morgan fingerprint density at radius 2 is 1.36 bits per heavy atom. The first kappa shape index (κ1) is 34.5. The van der Waals surface area contributed by atoms with Crippen LogP contribution in [0.25, 0.3) is 0 Å². The summed E-state index contributed by atoms with van der Waals surface area (Å²) in [6, 6.07) is -1.19. The van der Waals surface area contributed by atoms with Gasteiger partial charge in [-0.25, -0.2) is 9.59 Å². The van der Waals surface area contributed by atoms with Crippen molar-refractivity contribution in [3.05, 3.63) is 0 Å². The van der Waals surface area contributed by atoms with Crippen molar-refractivity contribution in [3.8, 4) is 0 Å². The minimum atomic E-state index is -1.01. The molecule has 0 saturated carbocycles. The second-order valence-electron chi connectivity index (χ2n) is 11.1. The maximum atomic E-state index is 12.9. The van der Waals surface area contributed by atoms with Crippen molar-refractivity contribution in [2.45, 2.75) is 96.4 Å². The van der Waals surface area contributed by atoms with E-state index in [1.165, 1.54) is 22.6 Å². The zero-order chi connectivity index (χ0) is 28.9. The van der Waals surface area contributed by atoms with Crippen LogP contribution in [0.15, 0.2) is 0 Å². The summed E-state index contributed by atoms with van der Waals surface area (Å²) in [5.74, 6) is 1.59. The van der Waals surface area contributed by atoms with Crippen LogP contribution >= 0.6 is 43.2 Å². The number of likely N-dealkylation sites (tertiary alicyclic amines) is 2. The van der Waals surface area contributed by atoms with Crippen molar-refractivity contribution >= 4 is 66.9 Å². The van der Waals surface area contributed by atoms with Crippen molar-refractivity contribution in [1.29, 1.82) is 0 Å². The fourth-order valence-corrected chi connectivity index (χ4v) is 11.3. The van der Waals surface area contributed by atoms with Gasteiger partial charge < -0.3 is 15.1 Å². The third-order valence-electron chi connectivity index (χ3n) is 7.29. The maximum Gasteiger partial charge on any atom is 0.407 e. The number of unbranched alkanes of at least 4 members (excludes halogenated alkanes) is 1. The summed E-state index contributed by atoms with van der Waals surface area (Å²) in [7, 11) is 6.98. The molecule has 0 bridgehead atoms. The van der Waals surface area contributed by atoms with Crippen molar-refractivity contribution in [2.75, 3.05) is 30.3 Å². The van der Waals surface area contributed by atoms with Crippen LogP contribution < -0.4 is 0 Å². The van der Waals surface area contributed by atoms with Gasteiger partial charge >= 0.3 is 12.1 Å². The molecule has 2 fully saturated rings. The lowest BCUT2D eigenvalue weighted by Crippen LogP contribution is -2.43. The number of carbonyl (C=O) groups excluding carboxylic acids is 2. The number of carbonyl (C=O) groups is 4. The van der Waals surface area contributed by atoms with E-state index in [2.05, 4.69) is 13.8 Å². The fourth-order valence-electron chi connectivity index (χ4n) is 4.94. The summed E-state index contributed by atoms with van der Waals surface area (Å²) in [6.07, 6.45) is 6.30. The van der Waals surface area contributed by atoms with Crippen molar-refractivity contribution in [1.82, 2.24) is 9.80 Å². The molecule has 0 aromatic heterocycles. The van der Waals surface area contributed by atoms with E-state index in [-0.39, 0.29) is 23.5 Å². The predicted molar refractivity (Wildman–Crippen MR) is 166 cm³/mol. The van der Waals surface area contributed by atoms with Gasteiger partial charge in [0.25, 0.3) is 0 Å². The van der Waals surface area contributed by atoms with Crippen molar-refractivity contribution < 1.29 is 29.4 Å². The highest BCUT2D eigenvalue weighted by atomic mass is 33.1. The van der Waals surface area contributed by atoms with Gasteiger partial charge in [0.15, 0.2) is 5.78 Å². The molecule has 5 atom stereocenters. The number of Topliss-reactive ketones (excluding diaryl/α,β-unsaturated/α-hetero) is 1. The molecule has 0 aliphatic carbocycles. The third kappa shape index (κ3) is 11.6. The van der Waals surface area contributed by atoms with E-state index in [0.717, 1.165) is 31.4 Å². The van der Waals surface area contributed by atoms with Gasteiger partial charge in [-0.2, -0.15) is 0 Å². The Labute approximate surface area is 249 Å². The molecule has 0 aromatic carbocycles. The SMILES string of the molecule is CC(C)CCCCC(CSSCC(C)C(=O)C1CCCN1C(=O)O)SSCC(C)C(=O)N1CCCC1C(=O)O. The largest absolute Gasteiger partial charge is 0.480 e. The second-order valence-corrected chi connectivity index (χ2v) is 16.4. The molecule has 224 valence electrons. The molecule has 2 amide bonds. The Hall–Kier alpha value is -0.720. The van der Waals surface area contributed by atoms with Crippen LogP contribution in [0.4, 0.5) is 4.79 Å². The number of carboxylic acid groups (broad SMARTS) is 2. The molecule has 2 rings (SSSR count). The highest BCUT2D eigenvalue weighted by Crippen LogP contribution is 2.37. The first-order chi connectivity index (χ1) is 18.5. The van der Waals surface area contributed by atoms with Gasteiger partial charge in [-0.1, -0.05) is 90.1 Å². The quantitative estimate of drug-likeness (QED) is 0.132. The van der Waals surface area contributed by atoms with Crippen LogP contribution in [0.5, 0.6) is 0 Å². The number of hydrogen-bond donors (Lipinski definition) is 2. The number of ketones is 1. The number of aliphatic carboxylic acids is 1. The molecule has 0 aromatic rings. The lowest BCUT2D eigenvalue weighted by Gasteiger charge is -2.25. The third-order valence-corrected chi connectivity index (χ3v) is 13.2. The lowest BCUT2D eigenvalue weighted by molar-refractivity contribution is -0.149. The number of nitrogens with zero attached hydrogens (tertiary/aromatic N) is 2. The van der Waals surface area contributed by atoms with Gasteiger partial charge in [-0.05, 0) is 38.0 Å². The first-order valence-corrected chi connectivity index (χ1v) is 19.0. The molecule has 5 unspecified atom stereocenters. The summed E-state index contributed by atoms with van der Waals surface area (Å²) in [5, 5.41) is 19.2. The Balaban J connectivity index is 1.78. The number of hydrogen-bond acceptors (Lipinski definition) is 8. The van der Waals surface area contributed by atoms with Crippen LogP contribution in [0.3, 0.4) is 0 Å². The van der Waals surface area contributed by atoms with Gasteiger partial charge in [0.1, 0.15) is 6.04 Å². The van der Waals surface area contributed by atoms with E-state index in [9.17, 15) is 29.4 Å². The van der Waals surface area contributed by atoms with Crippen LogP contribution in [0.1, 0.15) is 79.1 Å².